The number of rotatable bonds is 4. The van der Waals surface area contributed by atoms with E-state index in [1.807, 2.05) is 13.0 Å². The lowest BCUT2D eigenvalue weighted by molar-refractivity contribution is 0.0571. The van der Waals surface area contributed by atoms with Gasteiger partial charge in [0.25, 0.3) is 0 Å². The highest BCUT2D eigenvalue weighted by molar-refractivity contribution is 7.19. The molecule has 4 nitrogen and oxygen atoms in total. The van der Waals surface area contributed by atoms with Gasteiger partial charge in [-0.2, -0.15) is 0 Å². The van der Waals surface area contributed by atoms with E-state index in [9.17, 15) is 9.18 Å². The Balaban J connectivity index is 1.51. The Kier molecular flexibility index (Phi) is 5.13. The molecule has 6 heteroatoms. The van der Waals surface area contributed by atoms with Crippen molar-refractivity contribution in [3.05, 3.63) is 35.0 Å². The molecule has 1 fully saturated rings. The minimum Gasteiger partial charge on any atom is -0.381 e. The van der Waals surface area contributed by atoms with Gasteiger partial charge >= 0.3 is 6.03 Å². The quantitative estimate of drug-likeness (QED) is 0.895. The zero-order chi connectivity index (χ0) is 16.2. The van der Waals surface area contributed by atoms with Crippen LogP contribution in [0.2, 0.25) is 0 Å². The molecule has 0 unspecified atom stereocenters. The van der Waals surface area contributed by atoms with Crippen molar-refractivity contribution in [2.45, 2.75) is 32.4 Å². The van der Waals surface area contributed by atoms with Gasteiger partial charge in [-0.3, -0.25) is 0 Å². The highest BCUT2D eigenvalue weighted by atomic mass is 32.1. The van der Waals surface area contributed by atoms with Gasteiger partial charge in [-0.15, -0.1) is 11.3 Å². The van der Waals surface area contributed by atoms with E-state index >= 15 is 0 Å². The zero-order valence-corrected chi connectivity index (χ0v) is 13.9. The fourth-order valence-corrected chi connectivity index (χ4v) is 3.90. The summed E-state index contributed by atoms with van der Waals surface area (Å²) in [4.78, 5) is 13.0. The van der Waals surface area contributed by atoms with Crippen LogP contribution in [0.4, 0.5) is 9.18 Å². The zero-order valence-electron chi connectivity index (χ0n) is 13.1. The lowest BCUT2D eigenvalue weighted by Crippen LogP contribution is -2.45. The summed E-state index contributed by atoms with van der Waals surface area (Å²) in [7, 11) is 0. The maximum Gasteiger partial charge on any atom is 0.315 e. The standard InChI is InChI=1S/C17H21FN2O2S/c1-11(12-4-6-22-7-5-12)20-17(21)19-10-15-9-13-8-14(18)2-3-16(13)23-15/h2-3,8-9,11-12H,4-7,10H2,1H3,(H2,19,20,21)/t11-/m1/s1. The van der Waals surface area contributed by atoms with E-state index in [-0.39, 0.29) is 17.9 Å². The molecule has 0 saturated carbocycles. The molecular weight excluding hydrogens is 315 g/mol. The van der Waals surface area contributed by atoms with Crippen LogP contribution in [-0.2, 0) is 11.3 Å². The van der Waals surface area contributed by atoms with Crippen LogP contribution >= 0.6 is 11.3 Å². The fourth-order valence-electron chi connectivity index (χ4n) is 2.92. The number of carbonyl (C=O) groups excluding carboxylic acids is 1. The summed E-state index contributed by atoms with van der Waals surface area (Å²) < 4.78 is 19.6. The maximum atomic E-state index is 13.2. The molecule has 0 spiro atoms. The van der Waals surface area contributed by atoms with Crippen LogP contribution < -0.4 is 10.6 Å². The van der Waals surface area contributed by atoms with Crippen molar-refractivity contribution in [2.75, 3.05) is 13.2 Å². The van der Waals surface area contributed by atoms with Crippen LogP contribution in [-0.4, -0.2) is 25.3 Å². The molecule has 1 aliphatic rings. The van der Waals surface area contributed by atoms with Crippen molar-refractivity contribution in [1.82, 2.24) is 10.6 Å². The number of urea groups is 1. The lowest BCUT2D eigenvalue weighted by atomic mass is 9.93. The van der Waals surface area contributed by atoms with Crippen molar-refractivity contribution in [3.8, 4) is 0 Å². The Morgan fingerprint density at radius 2 is 2.17 bits per heavy atom. The molecule has 1 atom stereocenters. The normalized spacial score (nSPS) is 17.1. The SMILES string of the molecule is C[C@@H](NC(=O)NCc1cc2cc(F)ccc2s1)C1CCOCC1. The van der Waals surface area contributed by atoms with Crippen LogP contribution in [0.1, 0.15) is 24.6 Å². The summed E-state index contributed by atoms with van der Waals surface area (Å²) in [5, 5.41) is 6.76. The van der Waals surface area contributed by atoms with Crippen molar-refractivity contribution in [3.63, 3.8) is 0 Å². The van der Waals surface area contributed by atoms with Crippen LogP contribution in [0.5, 0.6) is 0 Å². The molecule has 0 bridgehead atoms. The van der Waals surface area contributed by atoms with Crippen molar-refractivity contribution in [2.24, 2.45) is 5.92 Å². The molecule has 2 amide bonds. The van der Waals surface area contributed by atoms with Crippen molar-refractivity contribution >= 4 is 27.5 Å². The summed E-state index contributed by atoms with van der Waals surface area (Å²) in [5.74, 6) is 0.236. The van der Waals surface area contributed by atoms with Crippen LogP contribution in [0.3, 0.4) is 0 Å². The predicted molar refractivity (Wildman–Crippen MR) is 90.2 cm³/mol. The van der Waals surface area contributed by atoms with Gasteiger partial charge in [0.2, 0.25) is 0 Å². The summed E-state index contributed by atoms with van der Waals surface area (Å²) in [5.41, 5.74) is 0. The number of fused-ring (bicyclic) bond motifs is 1. The number of ether oxygens (including phenoxy) is 1. The average Bonchev–Trinajstić information content (AvgIpc) is 2.95. The summed E-state index contributed by atoms with van der Waals surface area (Å²) in [6, 6.07) is 6.64. The van der Waals surface area contributed by atoms with Crippen LogP contribution in [0.15, 0.2) is 24.3 Å². The Labute approximate surface area is 139 Å². The first-order valence-electron chi connectivity index (χ1n) is 7.92. The van der Waals surface area contributed by atoms with Gasteiger partial charge in [-0.05, 0) is 55.3 Å². The molecule has 1 aromatic heterocycles. The van der Waals surface area contributed by atoms with E-state index in [0.29, 0.717) is 12.5 Å². The van der Waals surface area contributed by atoms with E-state index < -0.39 is 0 Å². The molecule has 1 saturated heterocycles. The first-order chi connectivity index (χ1) is 11.1. The van der Waals surface area contributed by atoms with Crippen LogP contribution in [0, 0.1) is 11.7 Å². The first kappa shape index (κ1) is 16.2. The molecule has 0 radical (unpaired) electrons. The number of nitrogens with one attached hydrogen (secondary N) is 2. The lowest BCUT2D eigenvalue weighted by Gasteiger charge is -2.28. The van der Waals surface area contributed by atoms with E-state index in [4.69, 9.17) is 4.74 Å². The topological polar surface area (TPSA) is 50.4 Å². The first-order valence-corrected chi connectivity index (χ1v) is 8.73. The summed E-state index contributed by atoms with van der Waals surface area (Å²) >= 11 is 1.57. The van der Waals surface area contributed by atoms with Crippen molar-refractivity contribution in [1.29, 1.82) is 0 Å². The molecule has 124 valence electrons. The third-order valence-corrected chi connectivity index (χ3v) is 5.40. The second kappa shape index (κ2) is 7.27. The third kappa shape index (κ3) is 4.20. The molecule has 3 rings (SSSR count). The van der Waals surface area contributed by atoms with Gasteiger partial charge in [-0.25, -0.2) is 9.18 Å². The van der Waals surface area contributed by atoms with Gasteiger partial charge in [0.15, 0.2) is 0 Å². The molecular formula is C17H21FN2O2S. The van der Waals surface area contributed by atoms with Gasteiger partial charge in [-0.1, -0.05) is 0 Å². The smallest absolute Gasteiger partial charge is 0.315 e. The molecule has 2 aromatic rings. The number of carbonyl (C=O) groups is 1. The molecule has 0 aliphatic carbocycles. The summed E-state index contributed by atoms with van der Waals surface area (Å²) in [6.45, 7) is 4.04. The Morgan fingerprint density at radius 1 is 1.39 bits per heavy atom. The third-order valence-electron chi connectivity index (χ3n) is 4.28. The monoisotopic (exact) mass is 336 g/mol. The second-order valence-electron chi connectivity index (χ2n) is 5.96. The number of thiophene rings is 1. The number of halogens is 1. The van der Waals surface area contributed by atoms with Gasteiger partial charge < -0.3 is 15.4 Å². The molecule has 1 aliphatic heterocycles. The molecule has 2 heterocycles. The van der Waals surface area contributed by atoms with Gasteiger partial charge in [0.1, 0.15) is 5.82 Å². The van der Waals surface area contributed by atoms with E-state index in [0.717, 1.165) is 41.0 Å². The minimum absolute atomic E-state index is 0.135. The fraction of sp³-hybridized carbons (Fsp3) is 0.471. The number of benzene rings is 1. The van der Waals surface area contributed by atoms with E-state index in [2.05, 4.69) is 10.6 Å². The average molecular weight is 336 g/mol. The number of amides is 2. The van der Waals surface area contributed by atoms with Crippen LogP contribution in [0.25, 0.3) is 10.1 Å². The Hall–Kier alpha value is -1.66. The van der Waals surface area contributed by atoms with E-state index in [1.165, 1.54) is 12.1 Å². The predicted octanol–water partition coefficient (Wildman–Crippen LogP) is 3.65. The molecule has 1 aromatic carbocycles. The largest absolute Gasteiger partial charge is 0.381 e. The van der Waals surface area contributed by atoms with Gasteiger partial charge in [0.05, 0.1) is 6.54 Å². The molecule has 23 heavy (non-hydrogen) atoms. The summed E-state index contributed by atoms with van der Waals surface area (Å²) in [6.07, 6.45) is 1.98. The second-order valence-corrected chi connectivity index (χ2v) is 7.13. The highest BCUT2D eigenvalue weighted by Gasteiger charge is 2.21. The number of hydrogen-bond donors (Lipinski definition) is 2. The molecule has 2 N–H and O–H groups in total. The Morgan fingerprint density at radius 3 is 2.96 bits per heavy atom. The maximum absolute atomic E-state index is 13.2. The Bertz CT molecular complexity index is 682. The van der Waals surface area contributed by atoms with Crippen molar-refractivity contribution < 1.29 is 13.9 Å². The highest BCUT2D eigenvalue weighted by Crippen LogP contribution is 2.26. The number of hydrogen-bond acceptors (Lipinski definition) is 3. The van der Waals surface area contributed by atoms with E-state index in [1.54, 1.807) is 17.4 Å². The minimum atomic E-state index is -0.238. The van der Waals surface area contributed by atoms with Gasteiger partial charge in [0, 0.05) is 28.8 Å².